The van der Waals surface area contributed by atoms with Crippen LogP contribution in [0.15, 0.2) is 12.1 Å². The molecule has 6 heteroatoms. The van der Waals surface area contributed by atoms with Crippen molar-refractivity contribution in [2.45, 2.75) is 26.3 Å². The van der Waals surface area contributed by atoms with Gasteiger partial charge in [-0.15, -0.1) is 0 Å². The largest absolute Gasteiger partial charge is 0.397 e. The van der Waals surface area contributed by atoms with E-state index in [1.807, 2.05) is 13.8 Å². The second kappa shape index (κ2) is 7.55. The zero-order valence-electron chi connectivity index (χ0n) is 10.5. The van der Waals surface area contributed by atoms with E-state index in [0.29, 0.717) is 31.2 Å². The minimum Gasteiger partial charge on any atom is -0.397 e. The van der Waals surface area contributed by atoms with Crippen molar-refractivity contribution in [2.75, 3.05) is 13.2 Å². The van der Waals surface area contributed by atoms with E-state index in [0.717, 1.165) is 12.1 Å². The van der Waals surface area contributed by atoms with Crippen molar-refractivity contribution in [1.29, 1.82) is 0 Å². The lowest BCUT2D eigenvalue weighted by Gasteiger charge is -2.14. The number of rotatable bonds is 7. The summed E-state index contributed by atoms with van der Waals surface area (Å²) >= 11 is 0. The van der Waals surface area contributed by atoms with Crippen molar-refractivity contribution in [3.05, 3.63) is 35.1 Å². The summed E-state index contributed by atoms with van der Waals surface area (Å²) in [4.78, 5) is 0. The summed E-state index contributed by atoms with van der Waals surface area (Å²) < 4.78 is 49.6. The average Bonchev–Trinajstić information content (AvgIpc) is 2.33. The Morgan fingerprint density at radius 2 is 1.50 bits per heavy atom. The zero-order chi connectivity index (χ0) is 13.5. The summed E-state index contributed by atoms with van der Waals surface area (Å²) in [6.45, 7) is 4.86. The average molecular weight is 278 g/mol. The van der Waals surface area contributed by atoms with Gasteiger partial charge in [-0.2, -0.15) is 0 Å². The molecule has 0 aliphatic rings. The van der Waals surface area contributed by atoms with Gasteiger partial charge in [0.2, 0.25) is 0 Å². The van der Waals surface area contributed by atoms with Crippen LogP contribution in [-0.2, 0) is 15.3 Å². The summed E-state index contributed by atoms with van der Waals surface area (Å²) in [7, 11) is -1.79. The number of halogens is 3. The van der Waals surface area contributed by atoms with Crippen molar-refractivity contribution >= 4 is 9.28 Å². The van der Waals surface area contributed by atoms with Gasteiger partial charge >= 0.3 is 9.28 Å². The van der Waals surface area contributed by atoms with Crippen LogP contribution in [0.5, 0.6) is 0 Å². The van der Waals surface area contributed by atoms with Crippen molar-refractivity contribution < 1.29 is 22.0 Å². The van der Waals surface area contributed by atoms with Gasteiger partial charge in [0.1, 0.15) is 0 Å². The van der Waals surface area contributed by atoms with Crippen LogP contribution >= 0.6 is 0 Å². The molecule has 0 aliphatic carbocycles. The van der Waals surface area contributed by atoms with Crippen LogP contribution in [-0.4, -0.2) is 22.5 Å². The van der Waals surface area contributed by atoms with Crippen LogP contribution in [0.2, 0.25) is 6.04 Å². The number of aryl methyl sites for hydroxylation is 1. The van der Waals surface area contributed by atoms with Gasteiger partial charge in [0.15, 0.2) is 17.5 Å². The van der Waals surface area contributed by atoms with Gasteiger partial charge in [0.05, 0.1) is 0 Å². The standard InChI is InChI=1S/C12H17F3O2Si/c1-3-16-18(17-4-2)6-5-9-7-10(13)12(15)11(14)8-9/h7-8,18H,3-6H2,1-2H3. The van der Waals surface area contributed by atoms with Gasteiger partial charge < -0.3 is 8.85 Å². The first-order chi connectivity index (χ1) is 8.58. The normalized spacial score (nSPS) is 11.2. The number of hydrogen-bond acceptors (Lipinski definition) is 2. The van der Waals surface area contributed by atoms with Gasteiger partial charge in [0.25, 0.3) is 0 Å². The van der Waals surface area contributed by atoms with Crippen LogP contribution in [0.1, 0.15) is 19.4 Å². The molecule has 0 N–H and O–H groups in total. The third-order valence-electron chi connectivity index (χ3n) is 2.42. The van der Waals surface area contributed by atoms with E-state index in [2.05, 4.69) is 0 Å². The smallest absolute Gasteiger partial charge is 0.321 e. The Hall–Kier alpha value is -0.853. The molecular formula is C12H17F3O2Si. The van der Waals surface area contributed by atoms with Crippen LogP contribution in [0, 0.1) is 17.5 Å². The van der Waals surface area contributed by atoms with E-state index in [4.69, 9.17) is 8.85 Å². The Bertz CT molecular complexity index is 359. The lowest BCUT2D eigenvalue weighted by molar-refractivity contribution is 0.213. The molecule has 0 unspecified atom stereocenters. The summed E-state index contributed by atoms with van der Waals surface area (Å²) in [5.74, 6) is -3.74. The molecule has 0 bridgehead atoms. The topological polar surface area (TPSA) is 18.5 Å². The second-order valence-corrected chi connectivity index (χ2v) is 5.86. The van der Waals surface area contributed by atoms with Gasteiger partial charge in [-0.1, -0.05) is 0 Å². The van der Waals surface area contributed by atoms with E-state index < -0.39 is 26.7 Å². The Labute approximate surface area is 107 Å². The fourth-order valence-electron chi connectivity index (χ4n) is 1.62. The highest BCUT2D eigenvalue weighted by atomic mass is 28.3. The fourth-order valence-corrected chi connectivity index (χ4v) is 3.37. The molecule has 1 aromatic rings. The lowest BCUT2D eigenvalue weighted by atomic mass is 10.1. The Morgan fingerprint density at radius 3 is 1.94 bits per heavy atom. The highest BCUT2D eigenvalue weighted by molar-refractivity contribution is 6.44. The molecule has 0 spiro atoms. The summed E-state index contributed by atoms with van der Waals surface area (Å²) in [6.07, 6.45) is 0.422. The third kappa shape index (κ3) is 4.43. The van der Waals surface area contributed by atoms with Crippen LogP contribution < -0.4 is 0 Å². The minimum atomic E-state index is -1.79. The molecular weight excluding hydrogens is 261 g/mol. The molecule has 2 nitrogen and oxygen atoms in total. The van der Waals surface area contributed by atoms with Gasteiger partial charge in [-0.05, 0) is 44.0 Å². The summed E-state index contributed by atoms with van der Waals surface area (Å²) in [5, 5.41) is 0. The molecule has 1 rings (SSSR count). The van der Waals surface area contributed by atoms with E-state index in [1.54, 1.807) is 0 Å². The highest BCUT2D eigenvalue weighted by Gasteiger charge is 2.15. The van der Waals surface area contributed by atoms with Crippen molar-refractivity contribution in [3.8, 4) is 0 Å². The van der Waals surface area contributed by atoms with Gasteiger partial charge in [-0.3, -0.25) is 0 Å². The van der Waals surface area contributed by atoms with Crippen LogP contribution in [0.4, 0.5) is 13.2 Å². The van der Waals surface area contributed by atoms with Crippen LogP contribution in [0.3, 0.4) is 0 Å². The Kier molecular flexibility index (Phi) is 6.38. The first-order valence-electron chi connectivity index (χ1n) is 5.95. The summed E-state index contributed by atoms with van der Waals surface area (Å²) in [6, 6.07) is 2.63. The van der Waals surface area contributed by atoms with E-state index in [-0.39, 0.29) is 0 Å². The zero-order valence-corrected chi connectivity index (χ0v) is 11.7. The van der Waals surface area contributed by atoms with E-state index >= 15 is 0 Å². The molecule has 18 heavy (non-hydrogen) atoms. The predicted molar refractivity (Wildman–Crippen MR) is 65.2 cm³/mol. The summed E-state index contributed by atoms with van der Waals surface area (Å²) in [5.41, 5.74) is 0.420. The molecule has 102 valence electrons. The molecule has 0 aliphatic heterocycles. The molecule has 0 radical (unpaired) electrons. The molecule has 0 saturated heterocycles. The number of hydrogen-bond donors (Lipinski definition) is 0. The molecule has 0 amide bonds. The molecule has 0 fully saturated rings. The molecule has 1 aromatic carbocycles. The van der Waals surface area contributed by atoms with Crippen LogP contribution in [0.25, 0.3) is 0 Å². The first-order valence-corrected chi connectivity index (χ1v) is 7.71. The molecule has 0 saturated carbocycles. The van der Waals surface area contributed by atoms with E-state index in [9.17, 15) is 13.2 Å². The van der Waals surface area contributed by atoms with Gasteiger partial charge in [-0.25, -0.2) is 13.2 Å². The van der Waals surface area contributed by atoms with Crippen molar-refractivity contribution in [2.24, 2.45) is 0 Å². The Balaban J connectivity index is 2.61. The van der Waals surface area contributed by atoms with E-state index in [1.165, 1.54) is 0 Å². The first kappa shape index (κ1) is 15.2. The Morgan fingerprint density at radius 1 is 1.00 bits per heavy atom. The SMILES string of the molecule is CCO[SiH](CCc1cc(F)c(F)c(F)c1)OCC. The van der Waals surface area contributed by atoms with Crippen molar-refractivity contribution in [3.63, 3.8) is 0 Å². The monoisotopic (exact) mass is 278 g/mol. The quantitative estimate of drug-likeness (QED) is 0.564. The second-order valence-electron chi connectivity index (χ2n) is 3.75. The maximum absolute atomic E-state index is 13.0. The maximum Gasteiger partial charge on any atom is 0.321 e. The number of benzene rings is 1. The maximum atomic E-state index is 13.0. The van der Waals surface area contributed by atoms with Gasteiger partial charge in [0, 0.05) is 13.2 Å². The third-order valence-corrected chi connectivity index (χ3v) is 4.59. The molecule has 0 atom stereocenters. The fraction of sp³-hybridized carbons (Fsp3) is 0.500. The molecule has 0 aromatic heterocycles. The lowest BCUT2D eigenvalue weighted by Crippen LogP contribution is -2.23. The predicted octanol–water partition coefficient (Wildman–Crippen LogP) is 2.94. The van der Waals surface area contributed by atoms with Crippen molar-refractivity contribution in [1.82, 2.24) is 0 Å². The minimum absolute atomic E-state index is 0.420. The highest BCUT2D eigenvalue weighted by Crippen LogP contribution is 2.16. The molecule has 0 heterocycles.